The number of hydroxylamine groups is 1. The van der Waals surface area contributed by atoms with Gasteiger partial charge in [-0.05, 0) is 50.1 Å². The fourth-order valence-corrected chi connectivity index (χ4v) is 3.73. The molecule has 0 aliphatic heterocycles. The Bertz CT molecular complexity index is 1090. The number of hydrogen-bond acceptors (Lipinski definition) is 7. The molecule has 0 atom stereocenters. The maximum absolute atomic E-state index is 12.4. The molecule has 0 aliphatic rings. The van der Waals surface area contributed by atoms with Crippen LogP contribution in [0.2, 0.25) is 0 Å². The molecule has 4 amide bonds. The Morgan fingerprint density at radius 3 is 1.82 bits per heavy atom. The highest BCUT2D eigenvalue weighted by Crippen LogP contribution is 2.12. The second-order valence-electron chi connectivity index (χ2n) is 9.18. The van der Waals surface area contributed by atoms with E-state index in [1.165, 1.54) is 0 Å². The van der Waals surface area contributed by atoms with Crippen LogP contribution in [-0.2, 0) is 19.1 Å². The van der Waals surface area contributed by atoms with Crippen LogP contribution in [-0.4, -0.2) is 68.4 Å². The highest BCUT2D eigenvalue weighted by atomic mass is 16.5. The van der Waals surface area contributed by atoms with Crippen molar-refractivity contribution >= 4 is 29.3 Å². The lowest BCUT2D eigenvalue weighted by Gasteiger charge is -2.10. The average molecular weight is 557 g/mol. The predicted octanol–water partition coefficient (Wildman–Crippen LogP) is 2.97. The van der Waals surface area contributed by atoms with Gasteiger partial charge in [0.2, 0.25) is 11.8 Å². The molecule has 0 saturated carbocycles. The summed E-state index contributed by atoms with van der Waals surface area (Å²) in [6.07, 6.45) is 3.53. The van der Waals surface area contributed by atoms with Gasteiger partial charge in [0.05, 0.1) is 26.4 Å². The van der Waals surface area contributed by atoms with Crippen LogP contribution in [0.15, 0.2) is 48.5 Å². The normalized spacial score (nSPS) is 10.6. The van der Waals surface area contributed by atoms with Crippen molar-refractivity contribution in [2.45, 2.75) is 45.4 Å². The number of anilines is 1. The first-order chi connectivity index (χ1) is 19.4. The lowest BCUT2D eigenvalue weighted by Crippen LogP contribution is -2.28. The number of hydrogen-bond donors (Lipinski definition) is 5. The van der Waals surface area contributed by atoms with Gasteiger partial charge in [0, 0.05) is 42.7 Å². The summed E-state index contributed by atoms with van der Waals surface area (Å²) in [5, 5.41) is 16.8. The maximum atomic E-state index is 12.4. The van der Waals surface area contributed by atoms with E-state index in [0.29, 0.717) is 75.6 Å². The first-order valence-electron chi connectivity index (χ1n) is 13.5. The second kappa shape index (κ2) is 19.3. The van der Waals surface area contributed by atoms with Gasteiger partial charge in [-0.2, -0.15) is 0 Å². The smallest absolute Gasteiger partial charge is 0.251 e. The Labute approximate surface area is 235 Å². The van der Waals surface area contributed by atoms with Crippen molar-refractivity contribution in [3.63, 3.8) is 0 Å². The molecule has 0 radical (unpaired) electrons. The van der Waals surface area contributed by atoms with Crippen molar-refractivity contribution in [1.82, 2.24) is 16.1 Å². The molecular weight excluding hydrogens is 516 g/mol. The van der Waals surface area contributed by atoms with Crippen molar-refractivity contribution in [3.05, 3.63) is 65.2 Å². The summed E-state index contributed by atoms with van der Waals surface area (Å²) in [7, 11) is 0. The zero-order valence-electron chi connectivity index (χ0n) is 23.0. The molecule has 2 aromatic carbocycles. The molecule has 0 aromatic heterocycles. The third kappa shape index (κ3) is 13.8. The van der Waals surface area contributed by atoms with E-state index in [9.17, 15) is 19.2 Å². The first kappa shape index (κ1) is 32.4. The Hall–Kier alpha value is -3.80. The van der Waals surface area contributed by atoms with Crippen LogP contribution >= 0.6 is 0 Å². The molecule has 218 valence electrons. The molecule has 0 bridgehead atoms. The van der Waals surface area contributed by atoms with Gasteiger partial charge in [-0.3, -0.25) is 24.4 Å². The molecule has 11 nitrogen and oxygen atoms in total. The highest BCUT2D eigenvalue weighted by Gasteiger charge is 2.08. The molecule has 0 aliphatic carbocycles. The van der Waals surface area contributed by atoms with E-state index in [0.717, 1.165) is 18.4 Å². The van der Waals surface area contributed by atoms with Crippen molar-refractivity contribution in [1.29, 1.82) is 0 Å². The number of ether oxygens (including phenoxy) is 2. The van der Waals surface area contributed by atoms with E-state index < -0.39 is 5.91 Å². The molecule has 11 heteroatoms. The number of nitrogens with one attached hydrogen (secondary N) is 4. The van der Waals surface area contributed by atoms with Crippen molar-refractivity contribution in [2.75, 3.05) is 44.8 Å². The maximum Gasteiger partial charge on any atom is 0.251 e. The summed E-state index contributed by atoms with van der Waals surface area (Å²) in [6.45, 7) is 4.08. The molecule has 5 N–H and O–H groups in total. The zero-order valence-corrected chi connectivity index (χ0v) is 23.0. The molecule has 2 rings (SSSR count). The average Bonchev–Trinajstić information content (AvgIpc) is 2.95. The van der Waals surface area contributed by atoms with E-state index in [2.05, 4.69) is 16.0 Å². The van der Waals surface area contributed by atoms with Gasteiger partial charge in [-0.1, -0.05) is 36.6 Å². The van der Waals surface area contributed by atoms with Gasteiger partial charge in [-0.15, -0.1) is 0 Å². The third-order valence-electron chi connectivity index (χ3n) is 5.81. The molecule has 0 spiro atoms. The molecule has 0 heterocycles. The van der Waals surface area contributed by atoms with E-state index >= 15 is 0 Å². The van der Waals surface area contributed by atoms with Gasteiger partial charge < -0.3 is 25.4 Å². The number of carbonyl (C=O) groups is 4. The fraction of sp³-hybridized carbons (Fsp3) is 0.448. The molecule has 0 saturated heterocycles. The standard InChI is InChI=1S/C29H40N4O7/c1-22-8-6-9-23(20-22)28(36)30-14-16-39-18-19-40-17-15-31-29(37)24-10-7-11-25(21-24)32-26(34)12-4-2-3-5-13-27(35)33-38/h6-11,20-21,38H,2-5,12-19H2,1H3,(H,30,36)(H,31,37)(H,32,34)(H,33,35). The molecule has 2 aromatic rings. The first-order valence-corrected chi connectivity index (χ1v) is 13.5. The summed E-state index contributed by atoms with van der Waals surface area (Å²) in [5.41, 5.74) is 4.21. The van der Waals surface area contributed by atoms with Crippen molar-refractivity contribution < 1.29 is 33.9 Å². The number of rotatable bonds is 19. The number of carbonyl (C=O) groups excluding carboxylic acids is 4. The Morgan fingerprint density at radius 1 is 0.700 bits per heavy atom. The summed E-state index contributed by atoms with van der Waals surface area (Å²) in [4.78, 5) is 47.6. The van der Waals surface area contributed by atoms with Gasteiger partial charge in [0.25, 0.3) is 11.8 Å². The Balaban J connectivity index is 1.51. The second-order valence-corrected chi connectivity index (χ2v) is 9.18. The summed E-state index contributed by atoms with van der Waals surface area (Å²) < 4.78 is 10.9. The quantitative estimate of drug-likeness (QED) is 0.101. The lowest BCUT2D eigenvalue weighted by molar-refractivity contribution is -0.129. The van der Waals surface area contributed by atoms with E-state index in [1.54, 1.807) is 35.8 Å². The minimum Gasteiger partial charge on any atom is -0.377 e. The Morgan fingerprint density at radius 2 is 1.25 bits per heavy atom. The zero-order chi connectivity index (χ0) is 29.0. The number of unbranched alkanes of at least 4 members (excludes halogenated alkanes) is 3. The molecule has 40 heavy (non-hydrogen) atoms. The molecule has 0 fully saturated rings. The van der Waals surface area contributed by atoms with Crippen LogP contribution in [0.4, 0.5) is 5.69 Å². The van der Waals surface area contributed by atoms with E-state index in [1.807, 2.05) is 25.1 Å². The van der Waals surface area contributed by atoms with Crippen LogP contribution in [0.3, 0.4) is 0 Å². The molecular formula is C29H40N4O7. The summed E-state index contributed by atoms with van der Waals surface area (Å²) in [5.74, 6) is -0.960. The van der Waals surface area contributed by atoms with Gasteiger partial charge in [0.15, 0.2) is 0 Å². The Kier molecular flexibility index (Phi) is 15.6. The van der Waals surface area contributed by atoms with Crippen molar-refractivity contribution in [3.8, 4) is 0 Å². The number of amides is 4. The molecule has 0 unspecified atom stereocenters. The fourth-order valence-electron chi connectivity index (χ4n) is 3.73. The number of benzene rings is 2. The largest absolute Gasteiger partial charge is 0.377 e. The minimum atomic E-state index is -0.409. The topological polar surface area (TPSA) is 155 Å². The highest BCUT2D eigenvalue weighted by molar-refractivity contribution is 5.97. The van der Waals surface area contributed by atoms with Crippen LogP contribution in [0.25, 0.3) is 0 Å². The van der Waals surface area contributed by atoms with Crippen LogP contribution in [0.5, 0.6) is 0 Å². The van der Waals surface area contributed by atoms with Crippen molar-refractivity contribution in [2.24, 2.45) is 0 Å². The van der Waals surface area contributed by atoms with Crippen LogP contribution in [0.1, 0.15) is 64.8 Å². The van der Waals surface area contributed by atoms with Gasteiger partial charge in [0.1, 0.15) is 0 Å². The SMILES string of the molecule is Cc1cccc(C(=O)NCCOCCOCCNC(=O)c2cccc(NC(=O)CCCCCCC(=O)NO)c2)c1. The summed E-state index contributed by atoms with van der Waals surface area (Å²) in [6, 6.07) is 14.1. The van der Waals surface area contributed by atoms with Crippen LogP contribution in [0, 0.1) is 6.92 Å². The third-order valence-corrected chi connectivity index (χ3v) is 5.81. The predicted molar refractivity (Wildman–Crippen MR) is 150 cm³/mol. The van der Waals surface area contributed by atoms with E-state index in [-0.39, 0.29) is 24.1 Å². The van der Waals surface area contributed by atoms with Gasteiger partial charge in [-0.25, -0.2) is 5.48 Å². The monoisotopic (exact) mass is 556 g/mol. The van der Waals surface area contributed by atoms with E-state index in [4.69, 9.17) is 14.7 Å². The lowest BCUT2D eigenvalue weighted by atomic mass is 10.1. The van der Waals surface area contributed by atoms with Gasteiger partial charge >= 0.3 is 0 Å². The van der Waals surface area contributed by atoms with Crippen LogP contribution < -0.4 is 21.4 Å². The summed E-state index contributed by atoms with van der Waals surface area (Å²) >= 11 is 0. The number of aryl methyl sites for hydroxylation is 1. The minimum absolute atomic E-state index is 0.136.